The van der Waals surface area contributed by atoms with Crippen molar-refractivity contribution < 1.29 is 30.4 Å². The maximum atomic E-state index is 14.0. The Labute approximate surface area is 149 Å². The van der Waals surface area contributed by atoms with Crippen LogP contribution in [-0.4, -0.2) is 14.3 Å². The van der Waals surface area contributed by atoms with Crippen LogP contribution in [0.15, 0.2) is 47.2 Å². The summed E-state index contributed by atoms with van der Waals surface area (Å²) < 4.78 is 94.3. The quantitative estimate of drug-likeness (QED) is 0.471. The molecule has 0 atom stereocenters. The highest BCUT2D eigenvalue weighted by atomic mass is 32.2. The molecule has 0 saturated heterocycles. The Morgan fingerprint density at radius 2 is 1.73 bits per heavy atom. The van der Waals surface area contributed by atoms with Gasteiger partial charge in [0.25, 0.3) is 0 Å². The summed E-state index contributed by atoms with van der Waals surface area (Å²) in [5.74, 6) is -9.71. The van der Waals surface area contributed by atoms with Gasteiger partial charge in [0.05, 0.1) is 17.1 Å². The van der Waals surface area contributed by atoms with E-state index in [0.29, 0.717) is 17.0 Å². The topological polar surface area (TPSA) is 49.4 Å². The summed E-state index contributed by atoms with van der Waals surface area (Å²) in [6.07, 6.45) is 0. The van der Waals surface area contributed by atoms with Gasteiger partial charge in [-0.2, -0.15) is 12.8 Å². The zero-order chi connectivity index (χ0) is 19.1. The molecule has 11 heteroatoms. The van der Waals surface area contributed by atoms with E-state index in [1.807, 2.05) is 0 Å². The lowest BCUT2D eigenvalue weighted by Gasteiger charge is -2.19. The van der Waals surface area contributed by atoms with Gasteiger partial charge in [-0.1, -0.05) is 12.1 Å². The van der Waals surface area contributed by atoms with E-state index >= 15 is 0 Å². The van der Waals surface area contributed by atoms with Gasteiger partial charge in [-0.25, -0.2) is 26.6 Å². The number of halogens is 5. The van der Waals surface area contributed by atoms with Crippen molar-refractivity contribution in [2.75, 3.05) is 10.2 Å². The number of hydrogen-bond acceptors (Lipinski definition) is 3. The minimum absolute atomic E-state index is 0.0802. The van der Waals surface area contributed by atoms with Gasteiger partial charge in [0, 0.05) is 4.90 Å². The number of rotatable bonds is 4. The molecule has 1 aliphatic heterocycles. The molecule has 3 rings (SSSR count). The highest BCUT2D eigenvalue weighted by molar-refractivity contribution is 8.01. The molecule has 2 aromatic carbocycles. The van der Waals surface area contributed by atoms with E-state index in [4.69, 9.17) is 0 Å². The van der Waals surface area contributed by atoms with Gasteiger partial charge in [0.15, 0.2) is 23.3 Å². The predicted octanol–water partition coefficient (Wildman–Crippen LogP) is 4.07. The van der Waals surface area contributed by atoms with Gasteiger partial charge < -0.3 is 0 Å². The number of thioether (sulfide) groups is 1. The number of nitrogens with one attached hydrogen (secondary N) is 1. The first-order valence-corrected chi connectivity index (χ1v) is 9.36. The second kappa shape index (κ2) is 6.80. The zero-order valence-electron chi connectivity index (χ0n) is 12.6. The van der Waals surface area contributed by atoms with Crippen LogP contribution in [0.2, 0.25) is 0 Å². The summed E-state index contributed by atoms with van der Waals surface area (Å²) in [7, 11) is -4.56. The number of fused-ring (bicyclic) bond motifs is 1. The fourth-order valence-electron chi connectivity index (χ4n) is 2.21. The predicted molar refractivity (Wildman–Crippen MR) is 87.2 cm³/mol. The largest absolute Gasteiger partial charge is 0.326 e. The fraction of sp³-hybridized carbons (Fsp3) is 0.0667. The maximum Gasteiger partial charge on any atom is 0.326 e. The molecule has 0 amide bonds. The Hall–Kier alpha value is -2.27. The normalized spacial score (nSPS) is 14.9. The van der Waals surface area contributed by atoms with Gasteiger partial charge >= 0.3 is 10.2 Å². The third kappa shape index (κ3) is 3.23. The van der Waals surface area contributed by atoms with Crippen LogP contribution >= 0.6 is 11.8 Å². The summed E-state index contributed by atoms with van der Waals surface area (Å²) >= 11 is 1.16. The lowest BCUT2D eigenvalue weighted by atomic mass is 10.2. The smallest absolute Gasteiger partial charge is 0.242 e. The first-order chi connectivity index (χ1) is 12.2. The van der Waals surface area contributed by atoms with Crippen molar-refractivity contribution in [2.45, 2.75) is 4.90 Å². The minimum atomic E-state index is -4.56. The molecule has 0 unspecified atom stereocenters. The summed E-state index contributed by atoms with van der Waals surface area (Å²) in [6, 6.07) is 7.22. The SMILES string of the molecule is O=S(=O)(N/C(F)=C(\F)c1ccc(F)c(F)c1F)N1CSc2ccccc21. The molecule has 0 spiro atoms. The first kappa shape index (κ1) is 18.5. The van der Waals surface area contributed by atoms with Crippen LogP contribution < -0.4 is 9.03 Å². The molecule has 1 N–H and O–H groups in total. The van der Waals surface area contributed by atoms with E-state index in [0.717, 1.165) is 16.1 Å². The van der Waals surface area contributed by atoms with E-state index in [1.165, 1.54) is 10.8 Å². The monoisotopic (exact) mass is 408 g/mol. The Balaban J connectivity index is 1.93. The van der Waals surface area contributed by atoms with Gasteiger partial charge in [0.1, 0.15) is 0 Å². The first-order valence-electron chi connectivity index (χ1n) is 6.94. The zero-order valence-corrected chi connectivity index (χ0v) is 14.3. The summed E-state index contributed by atoms with van der Waals surface area (Å²) in [5, 5.41) is 0. The molecule has 0 bridgehead atoms. The molecule has 4 nitrogen and oxygen atoms in total. The van der Waals surface area contributed by atoms with Crippen LogP contribution in [0.25, 0.3) is 5.83 Å². The van der Waals surface area contributed by atoms with E-state index in [1.54, 1.807) is 18.2 Å². The van der Waals surface area contributed by atoms with Crippen molar-refractivity contribution >= 4 is 33.5 Å². The summed E-state index contributed by atoms with van der Waals surface area (Å²) in [5.41, 5.74) is -0.988. The van der Waals surface area contributed by atoms with Crippen molar-refractivity contribution in [3.05, 3.63) is 65.4 Å². The number of nitrogens with zero attached hydrogens (tertiary/aromatic N) is 1. The number of hydrogen-bond donors (Lipinski definition) is 1. The molecule has 1 heterocycles. The van der Waals surface area contributed by atoms with E-state index in [-0.39, 0.29) is 11.6 Å². The van der Waals surface area contributed by atoms with Crippen molar-refractivity contribution in [3.63, 3.8) is 0 Å². The van der Waals surface area contributed by atoms with Crippen LogP contribution in [0.5, 0.6) is 0 Å². The fourth-order valence-corrected chi connectivity index (χ4v) is 4.72. The molecule has 0 radical (unpaired) electrons. The number of anilines is 1. The van der Waals surface area contributed by atoms with Crippen molar-refractivity contribution in [1.82, 2.24) is 4.72 Å². The second-order valence-corrected chi connectivity index (χ2v) is 7.63. The van der Waals surface area contributed by atoms with Crippen molar-refractivity contribution in [3.8, 4) is 0 Å². The van der Waals surface area contributed by atoms with Crippen LogP contribution in [-0.2, 0) is 10.2 Å². The maximum absolute atomic E-state index is 14.0. The van der Waals surface area contributed by atoms with Gasteiger partial charge in [-0.3, -0.25) is 0 Å². The Bertz CT molecular complexity index is 1010. The molecular formula is C15H9F5N2O2S2. The lowest BCUT2D eigenvalue weighted by molar-refractivity contribution is 0.442. The molecular weight excluding hydrogens is 399 g/mol. The molecule has 0 fully saturated rings. The van der Waals surface area contributed by atoms with E-state index < -0.39 is 45.0 Å². The number of para-hydroxylation sites is 1. The Morgan fingerprint density at radius 3 is 2.46 bits per heavy atom. The van der Waals surface area contributed by atoms with Crippen molar-refractivity contribution in [1.29, 1.82) is 0 Å². The molecule has 0 aliphatic carbocycles. The molecule has 0 saturated carbocycles. The Morgan fingerprint density at radius 1 is 1.04 bits per heavy atom. The van der Waals surface area contributed by atoms with Crippen molar-refractivity contribution in [2.24, 2.45) is 0 Å². The van der Waals surface area contributed by atoms with Crippen LogP contribution in [0.4, 0.5) is 27.6 Å². The van der Waals surface area contributed by atoms with Gasteiger partial charge in [-0.15, -0.1) is 11.8 Å². The summed E-state index contributed by atoms with van der Waals surface area (Å²) in [4.78, 5) is 0.620. The lowest BCUT2D eigenvalue weighted by Crippen LogP contribution is -2.38. The molecule has 0 aromatic heterocycles. The summed E-state index contributed by atoms with van der Waals surface area (Å²) in [6.45, 7) is 0. The van der Waals surface area contributed by atoms with Crippen LogP contribution in [0.3, 0.4) is 0 Å². The van der Waals surface area contributed by atoms with Gasteiger partial charge in [0.2, 0.25) is 5.95 Å². The molecule has 26 heavy (non-hydrogen) atoms. The molecule has 2 aromatic rings. The second-order valence-electron chi connectivity index (χ2n) is 5.05. The molecule has 1 aliphatic rings. The Kier molecular flexibility index (Phi) is 4.84. The molecule has 138 valence electrons. The minimum Gasteiger partial charge on any atom is -0.242 e. The van der Waals surface area contributed by atoms with Crippen LogP contribution in [0, 0.1) is 17.5 Å². The van der Waals surface area contributed by atoms with E-state index in [2.05, 4.69) is 0 Å². The highest BCUT2D eigenvalue weighted by Crippen LogP contribution is 2.39. The standard InChI is InChI=1S/C15H9F5N2O2S2/c16-9-6-5-8(12(17)14(9)19)13(18)15(20)21-26(23,24)22-7-25-11-4-2-1-3-10(11)22/h1-6,21H,7H2/b15-13-. The van der Waals surface area contributed by atoms with E-state index in [9.17, 15) is 30.4 Å². The van der Waals surface area contributed by atoms with Gasteiger partial charge in [-0.05, 0) is 24.3 Å². The third-order valence-corrected chi connectivity index (χ3v) is 5.99. The number of benzene rings is 2. The highest BCUT2D eigenvalue weighted by Gasteiger charge is 2.31. The van der Waals surface area contributed by atoms with Crippen LogP contribution in [0.1, 0.15) is 5.56 Å². The average Bonchev–Trinajstić information content (AvgIpc) is 3.04. The average molecular weight is 408 g/mol. The third-order valence-electron chi connectivity index (χ3n) is 3.44.